The van der Waals surface area contributed by atoms with E-state index < -0.39 is 40.0 Å². The first kappa shape index (κ1) is 23.5. The molecule has 31 heavy (non-hydrogen) atoms. The number of hydrogen-bond donors (Lipinski definition) is 1. The van der Waals surface area contributed by atoms with Crippen LogP contribution in [0.3, 0.4) is 0 Å². The van der Waals surface area contributed by atoms with Crippen LogP contribution in [0, 0.1) is 0 Å². The second-order valence-electron chi connectivity index (χ2n) is 7.14. The number of aromatic nitrogens is 2. The summed E-state index contributed by atoms with van der Waals surface area (Å²) in [6, 6.07) is 5.57. The molecule has 1 aromatic heterocycles. The van der Waals surface area contributed by atoms with E-state index in [1.54, 1.807) is 0 Å². The van der Waals surface area contributed by atoms with Crippen molar-refractivity contribution in [3.05, 3.63) is 47.5 Å². The van der Waals surface area contributed by atoms with Gasteiger partial charge in [-0.2, -0.15) is 17.5 Å². The van der Waals surface area contributed by atoms with Crippen LogP contribution in [0.1, 0.15) is 12.2 Å². The number of nitrogens with zero attached hydrogens (tertiary/aromatic N) is 4. The third-order valence-corrected chi connectivity index (χ3v) is 7.27. The number of aliphatic hydroxyl groups is 1. The van der Waals surface area contributed by atoms with E-state index in [2.05, 4.69) is 4.98 Å². The third kappa shape index (κ3) is 4.56. The molecule has 1 aliphatic heterocycles. The second-order valence-corrected chi connectivity index (χ2v) is 9.51. The minimum absolute atomic E-state index is 0.0258. The molecule has 2 heterocycles. The maximum atomic E-state index is 13.6. The van der Waals surface area contributed by atoms with E-state index in [4.69, 9.17) is 11.6 Å². The first-order valence-electron chi connectivity index (χ1n) is 9.16. The highest BCUT2D eigenvalue weighted by Crippen LogP contribution is 2.41. The van der Waals surface area contributed by atoms with Gasteiger partial charge in [-0.3, -0.25) is 4.79 Å². The summed E-state index contributed by atoms with van der Waals surface area (Å²) in [4.78, 5) is 17.3. The number of imidazole rings is 1. The van der Waals surface area contributed by atoms with Crippen molar-refractivity contribution in [1.82, 2.24) is 18.8 Å². The molecule has 1 aromatic carbocycles. The van der Waals surface area contributed by atoms with Crippen molar-refractivity contribution in [1.29, 1.82) is 0 Å². The molecular formula is C18H20ClF3N4O4S. The van der Waals surface area contributed by atoms with Gasteiger partial charge in [0, 0.05) is 50.6 Å². The lowest BCUT2D eigenvalue weighted by Gasteiger charge is -2.36. The van der Waals surface area contributed by atoms with Crippen LogP contribution < -0.4 is 0 Å². The number of hydrogen-bond acceptors (Lipinski definition) is 5. The number of sulfonamides is 1. The first-order chi connectivity index (χ1) is 14.4. The zero-order valence-corrected chi connectivity index (χ0v) is 18.0. The number of alkyl halides is 3. The van der Waals surface area contributed by atoms with E-state index in [0.717, 1.165) is 20.0 Å². The van der Waals surface area contributed by atoms with Crippen LogP contribution in [0.5, 0.6) is 0 Å². The standard InChI is InChI=1S/C18H20ClF3N4O4S/c1-24-7-6-23-16(24)17(28,18(20,21)22)12-15(27)25-8-10-26(11-9-25)31(29,30)14-4-2-13(19)3-5-14/h2-7,28H,8-12H2,1H3. The smallest absolute Gasteiger partial charge is 0.374 e. The summed E-state index contributed by atoms with van der Waals surface area (Å²) in [5, 5.41) is 10.7. The van der Waals surface area contributed by atoms with Crippen LogP contribution in [-0.2, 0) is 27.5 Å². The molecule has 0 saturated carbocycles. The first-order valence-corrected chi connectivity index (χ1v) is 11.0. The van der Waals surface area contributed by atoms with Crippen molar-refractivity contribution in [2.24, 2.45) is 7.05 Å². The van der Waals surface area contributed by atoms with Gasteiger partial charge in [-0.15, -0.1) is 0 Å². The lowest BCUT2D eigenvalue weighted by molar-refractivity contribution is -0.272. The van der Waals surface area contributed by atoms with Gasteiger partial charge in [0.15, 0.2) is 5.82 Å². The molecule has 0 radical (unpaired) electrons. The van der Waals surface area contributed by atoms with Gasteiger partial charge in [0.1, 0.15) is 0 Å². The summed E-state index contributed by atoms with van der Waals surface area (Å²) in [6.45, 7) is -0.409. The largest absolute Gasteiger partial charge is 0.425 e. The van der Waals surface area contributed by atoms with Gasteiger partial charge in [0.2, 0.25) is 21.5 Å². The molecule has 13 heteroatoms. The van der Waals surface area contributed by atoms with Crippen molar-refractivity contribution >= 4 is 27.5 Å². The maximum absolute atomic E-state index is 13.6. The van der Waals surface area contributed by atoms with Crippen LogP contribution in [0.4, 0.5) is 13.2 Å². The number of benzene rings is 1. The highest BCUT2D eigenvalue weighted by Gasteiger charge is 2.59. The number of carbonyl (C=O) groups is 1. The molecule has 170 valence electrons. The summed E-state index contributed by atoms with van der Waals surface area (Å²) in [5.41, 5.74) is -3.46. The number of halogens is 4. The SMILES string of the molecule is Cn1ccnc1C(O)(CC(=O)N1CCN(S(=O)(=O)c2ccc(Cl)cc2)CC1)C(F)(F)F. The van der Waals surface area contributed by atoms with E-state index in [9.17, 15) is 31.5 Å². The van der Waals surface area contributed by atoms with Crippen molar-refractivity contribution < 1.29 is 31.5 Å². The number of piperazine rings is 1. The van der Waals surface area contributed by atoms with E-state index in [0.29, 0.717) is 5.02 Å². The van der Waals surface area contributed by atoms with E-state index in [-0.39, 0.29) is 31.1 Å². The summed E-state index contributed by atoms with van der Waals surface area (Å²) in [5.74, 6) is -1.65. The predicted molar refractivity (Wildman–Crippen MR) is 105 cm³/mol. The molecule has 0 spiro atoms. The second kappa shape index (κ2) is 8.41. The molecule has 1 amide bonds. The minimum Gasteiger partial charge on any atom is -0.374 e. The Morgan fingerprint density at radius 2 is 1.74 bits per heavy atom. The average Bonchev–Trinajstić information content (AvgIpc) is 3.14. The Kier molecular flexibility index (Phi) is 6.38. The summed E-state index contributed by atoms with van der Waals surface area (Å²) >= 11 is 5.77. The van der Waals surface area contributed by atoms with Crippen LogP contribution >= 0.6 is 11.6 Å². The van der Waals surface area contributed by atoms with E-state index in [1.807, 2.05) is 0 Å². The summed E-state index contributed by atoms with van der Waals surface area (Å²) in [7, 11) is -2.55. The molecular weight excluding hydrogens is 461 g/mol. The van der Waals surface area contributed by atoms with Crippen molar-refractivity contribution in [2.75, 3.05) is 26.2 Å². The van der Waals surface area contributed by atoms with Crippen molar-refractivity contribution in [2.45, 2.75) is 23.1 Å². The molecule has 1 atom stereocenters. The minimum atomic E-state index is -5.14. The Bertz CT molecular complexity index is 1050. The Labute approximate surface area is 181 Å². The molecule has 1 fully saturated rings. The fraction of sp³-hybridized carbons (Fsp3) is 0.444. The highest BCUT2D eigenvalue weighted by molar-refractivity contribution is 7.89. The molecule has 3 rings (SSSR count). The van der Waals surface area contributed by atoms with E-state index >= 15 is 0 Å². The van der Waals surface area contributed by atoms with Gasteiger partial charge >= 0.3 is 6.18 Å². The van der Waals surface area contributed by atoms with Gasteiger partial charge < -0.3 is 14.6 Å². The average molecular weight is 481 g/mol. The molecule has 8 nitrogen and oxygen atoms in total. The summed E-state index contributed by atoms with van der Waals surface area (Å²) in [6.07, 6.45) is -4.07. The van der Waals surface area contributed by atoms with Crippen molar-refractivity contribution in [3.8, 4) is 0 Å². The number of carbonyl (C=O) groups excluding carboxylic acids is 1. The highest BCUT2D eigenvalue weighted by atomic mass is 35.5. The van der Waals surface area contributed by atoms with Crippen LogP contribution in [0.25, 0.3) is 0 Å². The molecule has 0 bridgehead atoms. The van der Waals surface area contributed by atoms with Crippen LogP contribution in [0.2, 0.25) is 5.02 Å². The van der Waals surface area contributed by atoms with Gasteiger partial charge in [-0.1, -0.05) is 11.6 Å². The molecule has 2 aromatic rings. The molecule has 1 aliphatic rings. The molecule has 1 N–H and O–H groups in total. The fourth-order valence-electron chi connectivity index (χ4n) is 3.33. The van der Waals surface area contributed by atoms with Crippen LogP contribution in [0.15, 0.2) is 41.6 Å². The fourth-order valence-corrected chi connectivity index (χ4v) is 4.88. The molecule has 1 unspecified atom stereocenters. The number of aryl methyl sites for hydroxylation is 1. The Hall–Kier alpha value is -2.15. The van der Waals surface area contributed by atoms with Crippen molar-refractivity contribution in [3.63, 3.8) is 0 Å². The normalized spacial score (nSPS) is 18.1. The van der Waals surface area contributed by atoms with E-state index in [1.165, 1.54) is 37.5 Å². The maximum Gasteiger partial charge on any atom is 0.425 e. The topological polar surface area (TPSA) is 95.7 Å². The zero-order chi connectivity index (χ0) is 23.0. The number of amides is 1. The summed E-state index contributed by atoms with van der Waals surface area (Å²) < 4.78 is 68.5. The van der Waals surface area contributed by atoms with Crippen LogP contribution in [-0.4, -0.2) is 70.5 Å². The predicted octanol–water partition coefficient (Wildman–Crippen LogP) is 1.75. The van der Waals surface area contributed by atoms with Gasteiger partial charge in [0.25, 0.3) is 0 Å². The zero-order valence-electron chi connectivity index (χ0n) is 16.4. The molecule has 1 saturated heterocycles. The van der Waals surface area contributed by atoms with Gasteiger partial charge in [0.05, 0.1) is 11.3 Å². The monoisotopic (exact) mass is 480 g/mol. The Morgan fingerprint density at radius 3 is 2.23 bits per heavy atom. The quantitative estimate of drug-likeness (QED) is 0.703. The lowest BCUT2D eigenvalue weighted by atomic mass is 9.96. The molecule has 0 aliphatic carbocycles. The third-order valence-electron chi connectivity index (χ3n) is 5.11. The Morgan fingerprint density at radius 1 is 1.16 bits per heavy atom. The lowest BCUT2D eigenvalue weighted by Crippen LogP contribution is -2.53. The van der Waals surface area contributed by atoms with Gasteiger partial charge in [-0.25, -0.2) is 13.4 Å². The Balaban J connectivity index is 1.71. The van der Waals surface area contributed by atoms with Gasteiger partial charge in [-0.05, 0) is 24.3 Å². The number of rotatable bonds is 5.